The highest BCUT2D eigenvalue weighted by atomic mass is 16.4. The number of fused-ring (bicyclic) bond motifs is 1. The van der Waals surface area contributed by atoms with Crippen LogP contribution >= 0.6 is 0 Å². The van der Waals surface area contributed by atoms with Crippen LogP contribution in [-0.2, 0) is 0 Å². The number of hydrogen-bond donors (Lipinski definition) is 2. The first-order valence-electron chi connectivity index (χ1n) is 3.86. The molecule has 0 atom stereocenters. The summed E-state index contributed by atoms with van der Waals surface area (Å²) in [5, 5.41) is 16.2. The van der Waals surface area contributed by atoms with Gasteiger partial charge in [-0.2, -0.15) is 5.10 Å². The fourth-order valence-electron chi connectivity index (χ4n) is 1.39. The van der Waals surface area contributed by atoms with Gasteiger partial charge in [0.15, 0.2) is 0 Å². The molecule has 1 aromatic heterocycles. The molecule has 2 N–H and O–H groups in total. The van der Waals surface area contributed by atoms with Crippen molar-refractivity contribution in [1.29, 1.82) is 0 Å². The lowest BCUT2D eigenvalue weighted by molar-refractivity contribution is 0.0698. The summed E-state index contributed by atoms with van der Waals surface area (Å²) in [4.78, 5) is 10.9. The highest BCUT2D eigenvalue weighted by Gasteiger charge is 2.12. The molecule has 2 rings (SSSR count). The van der Waals surface area contributed by atoms with Gasteiger partial charge in [0.2, 0.25) is 0 Å². The summed E-state index contributed by atoms with van der Waals surface area (Å²) in [5.74, 6) is -0.924. The Hall–Kier alpha value is -1.84. The lowest BCUT2D eigenvalue weighted by atomic mass is 10.1. The van der Waals surface area contributed by atoms with E-state index in [4.69, 9.17) is 5.11 Å². The van der Waals surface area contributed by atoms with Crippen LogP contribution in [0.3, 0.4) is 0 Å². The number of aromatic amines is 1. The molecule has 13 heavy (non-hydrogen) atoms. The van der Waals surface area contributed by atoms with E-state index in [0.717, 1.165) is 10.9 Å². The zero-order chi connectivity index (χ0) is 9.42. The van der Waals surface area contributed by atoms with Crippen LogP contribution in [0.5, 0.6) is 0 Å². The molecule has 0 bridgehead atoms. The first-order chi connectivity index (χ1) is 6.20. The van der Waals surface area contributed by atoms with E-state index in [-0.39, 0.29) is 0 Å². The molecule has 0 fully saturated rings. The molecule has 0 radical (unpaired) electrons. The largest absolute Gasteiger partial charge is 0.478 e. The van der Waals surface area contributed by atoms with Gasteiger partial charge in [-0.3, -0.25) is 5.10 Å². The van der Waals surface area contributed by atoms with Crippen LogP contribution < -0.4 is 0 Å². The van der Waals surface area contributed by atoms with Crippen LogP contribution in [0.15, 0.2) is 18.3 Å². The van der Waals surface area contributed by atoms with Gasteiger partial charge in [-0.05, 0) is 12.5 Å². The summed E-state index contributed by atoms with van der Waals surface area (Å²) in [6, 6.07) is 3.63. The van der Waals surface area contributed by atoms with Crippen LogP contribution in [-0.4, -0.2) is 21.3 Å². The molecule has 0 aliphatic carbocycles. The first kappa shape index (κ1) is 7.79. The molecule has 0 amide bonds. The number of nitrogens with one attached hydrogen (secondary N) is 1. The van der Waals surface area contributed by atoms with Gasteiger partial charge in [0, 0.05) is 5.39 Å². The summed E-state index contributed by atoms with van der Waals surface area (Å²) in [6.45, 7) is 1.77. The minimum absolute atomic E-state index is 0.301. The predicted molar refractivity (Wildman–Crippen MR) is 47.8 cm³/mol. The van der Waals surface area contributed by atoms with Gasteiger partial charge in [0.25, 0.3) is 0 Å². The van der Waals surface area contributed by atoms with E-state index in [1.807, 2.05) is 6.07 Å². The van der Waals surface area contributed by atoms with Crippen molar-refractivity contribution in [2.75, 3.05) is 0 Å². The van der Waals surface area contributed by atoms with Gasteiger partial charge >= 0.3 is 5.97 Å². The Morgan fingerprint density at radius 3 is 3.00 bits per heavy atom. The fraction of sp³-hybridized carbons (Fsp3) is 0.111. The number of aromatic carboxylic acids is 1. The maximum Gasteiger partial charge on any atom is 0.338 e. The molecule has 0 spiro atoms. The van der Waals surface area contributed by atoms with E-state index in [9.17, 15) is 4.79 Å². The van der Waals surface area contributed by atoms with E-state index < -0.39 is 5.97 Å². The third-order valence-corrected chi connectivity index (χ3v) is 2.04. The maximum absolute atomic E-state index is 10.9. The second kappa shape index (κ2) is 2.58. The Morgan fingerprint density at radius 2 is 2.31 bits per heavy atom. The topological polar surface area (TPSA) is 66.0 Å². The fourth-order valence-corrected chi connectivity index (χ4v) is 1.39. The lowest BCUT2D eigenvalue weighted by Gasteiger charge is -2.00. The SMILES string of the molecule is Cc1ccc2cn[nH]c2c1C(=O)O. The highest BCUT2D eigenvalue weighted by Crippen LogP contribution is 2.19. The Kier molecular flexibility index (Phi) is 1.55. The van der Waals surface area contributed by atoms with Crippen molar-refractivity contribution < 1.29 is 9.90 Å². The quantitative estimate of drug-likeness (QED) is 0.693. The lowest BCUT2D eigenvalue weighted by Crippen LogP contribution is -2.00. The van der Waals surface area contributed by atoms with Crippen LogP contribution in [0.1, 0.15) is 15.9 Å². The second-order valence-corrected chi connectivity index (χ2v) is 2.90. The van der Waals surface area contributed by atoms with Gasteiger partial charge in [-0.15, -0.1) is 0 Å². The normalized spacial score (nSPS) is 10.5. The number of nitrogens with zero attached hydrogens (tertiary/aromatic N) is 1. The number of carboxylic acid groups (broad SMARTS) is 1. The number of carbonyl (C=O) groups is 1. The van der Waals surface area contributed by atoms with Gasteiger partial charge in [-0.1, -0.05) is 12.1 Å². The van der Waals surface area contributed by atoms with Gasteiger partial charge in [0.05, 0.1) is 17.3 Å². The average molecular weight is 176 g/mol. The first-order valence-corrected chi connectivity index (χ1v) is 3.86. The van der Waals surface area contributed by atoms with E-state index in [1.165, 1.54) is 0 Å². The zero-order valence-electron chi connectivity index (χ0n) is 7.03. The molecular weight excluding hydrogens is 168 g/mol. The minimum atomic E-state index is -0.924. The molecule has 1 aromatic carbocycles. The van der Waals surface area contributed by atoms with Crippen molar-refractivity contribution >= 4 is 16.9 Å². The third-order valence-electron chi connectivity index (χ3n) is 2.04. The smallest absolute Gasteiger partial charge is 0.338 e. The summed E-state index contributed by atoms with van der Waals surface area (Å²) in [5.41, 5.74) is 1.63. The number of aromatic nitrogens is 2. The van der Waals surface area contributed by atoms with Crippen molar-refractivity contribution in [3.63, 3.8) is 0 Å². The van der Waals surface area contributed by atoms with Crippen LogP contribution in [0.2, 0.25) is 0 Å². The monoisotopic (exact) mass is 176 g/mol. The third kappa shape index (κ3) is 1.07. The van der Waals surface area contributed by atoms with Crippen LogP contribution in [0, 0.1) is 6.92 Å². The molecule has 0 saturated carbocycles. The van der Waals surface area contributed by atoms with Crippen molar-refractivity contribution in [3.05, 3.63) is 29.5 Å². The van der Waals surface area contributed by atoms with Crippen LogP contribution in [0.25, 0.3) is 10.9 Å². The van der Waals surface area contributed by atoms with Crippen LogP contribution in [0.4, 0.5) is 0 Å². The predicted octanol–water partition coefficient (Wildman–Crippen LogP) is 1.57. The minimum Gasteiger partial charge on any atom is -0.478 e. The Balaban J connectivity index is 2.88. The molecule has 0 aliphatic heterocycles. The average Bonchev–Trinajstić information content (AvgIpc) is 2.50. The molecule has 2 aromatic rings. The van der Waals surface area contributed by atoms with E-state index in [0.29, 0.717) is 11.1 Å². The molecule has 4 nitrogen and oxygen atoms in total. The molecule has 0 aliphatic rings. The Morgan fingerprint density at radius 1 is 1.54 bits per heavy atom. The van der Waals surface area contributed by atoms with Gasteiger partial charge < -0.3 is 5.11 Å². The van der Waals surface area contributed by atoms with Gasteiger partial charge in [0.1, 0.15) is 0 Å². The summed E-state index contributed by atoms with van der Waals surface area (Å²) in [7, 11) is 0. The van der Waals surface area contributed by atoms with Gasteiger partial charge in [-0.25, -0.2) is 4.79 Å². The molecular formula is C9H8N2O2. The van der Waals surface area contributed by atoms with Crippen molar-refractivity contribution in [3.8, 4) is 0 Å². The molecule has 66 valence electrons. The molecule has 1 heterocycles. The van der Waals surface area contributed by atoms with Crippen molar-refractivity contribution in [2.45, 2.75) is 6.92 Å². The number of hydrogen-bond acceptors (Lipinski definition) is 2. The maximum atomic E-state index is 10.9. The number of H-pyrrole nitrogens is 1. The molecule has 0 unspecified atom stereocenters. The van der Waals surface area contributed by atoms with Crippen molar-refractivity contribution in [2.24, 2.45) is 0 Å². The zero-order valence-corrected chi connectivity index (χ0v) is 7.03. The van der Waals surface area contributed by atoms with E-state index in [2.05, 4.69) is 10.2 Å². The summed E-state index contributed by atoms with van der Waals surface area (Å²) >= 11 is 0. The summed E-state index contributed by atoms with van der Waals surface area (Å²) < 4.78 is 0. The Bertz CT molecular complexity index is 473. The van der Waals surface area contributed by atoms with E-state index >= 15 is 0 Å². The van der Waals surface area contributed by atoms with Crippen molar-refractivity contribution in [1.82, 2.24) is 10.2 Å². The van der Waals surface area contributed by atoms with E-state index in [1.54, 1.807) is 19.2 Å². The second-order valence-electron chi connectivity index (χ2n) is 2.90. The molecule has 4 heteroatoms. The number of benzene rings is 1. The number of carboxylic acids is 1. The Labute approximate surface area is 74.2 Å². The summed E-state index contributed by atoms with van der Waals surface area (Å²) in [6.07, 6.45) is 1.61. The standard InChI is InChI=1S/C9H8N2O2/c1-5-2-3-6-4-10-11-8(6)7(5)9(12)13/h2-4H,1H3,(H,10,11)(H,12,13). The molecule has 0 saturated heterocycles. The highest BCUT2D eigenvalue weighted by molar-refractivity contribution is 6.02. The number of rotatable bonds is 1. The number of aryl methyl sites for hydroxylation is 1.